The third kappa shape index (κ3) is 4.29. The van der Waals surface area contributed by atoms with Crippen molar-refractivity contribution in [2.75, 3.05) is 23.4 Å². The lowest BCUT2D eigenvalue weighted by atomic mass is 10.2. The highest BCUT2D eigenvalue weighted by Gasteiger charge is 2.27. The number of amides is 1. The predicted molar refractivity (Wildman–Crippen MR) is 77.8 cm³/mol. The van der Waals surface area contributed by atoms with Gasteiger partial charge in [-0.1, -0.05) is 12.1 Å². The quantitative estimate of drug-likeness (QED) is 0.857. The van der Waals surface area contributed by atoms with Crippen LogP contribution in [0.25, 0.3) is 0 Å². The Morgan fingerprint density at radius 3 is 2.74 bits per heavy atom. The van der Waals surface area contributed by atoms with Gasteiger partial charge in [-0.05, 0) is 34.5 Å². The summed E-state index contributed by atoms with van der Waals surface area (Å²) in [5, 5.41) is 5.73. The molecule has 1 heterocycles. The molecule has 2 rings (SSSR count). The van der Waals surface area contributed by atoms with Crippen molar-refractivity contribution >= 4 is 37.4 Å². The number of anilines is 1. The van der Waals surface area contributed by atoms with Crippen molar-refractivity contribution in [3.05, 3.63) is 28.7 Å². The molecule has 0 saturated carbocycles. The second-order valence-corrected chi connectivity index (χ2v) is 7.59. The molecule has 0 spiro atoms. The van der Waals surface area contributed by atoms with Crippen molar-refractivity contribution in [1.29, 1.82) is 0 Å². The first kappa shape index (κ1) is 14.5. The second-order valence-electron chi connectivity index (χ2n) is 4.51. The van der Waals surface area contributed by atoms with E-state index < -0.39 is 9.84 Å². The van der Waals surface area contributed by atoms with Crippen molar-refractivity contribution in [2.45, 2.75) is 12.5 Å². The van der Waals surface area contributed by atoms with Gasteiger partial charge in [0.05, 0.1) is 23.7 Å². The smallest absolute Gasteiger partial charge is 0.238 e. The first-order valence-corrected chi connectivity index (χ1v) is 8.56. The maximum Gasteiger partial charge on any atom is 0.238 e. The van der Waals surface area contributed by atoms with Crippen LogP contribution in [0, 0.1) is 0 Å². The minimum atomic E-state index is -2.91. The van der Waals surface area contributed by atoms with Crippen LogP contribution in [-0.2, 0) is 14.6 Å². The Labute approximate surface area is 120 Å². The average Bonchev–Trinajstić information content (AvgIpc) is 2.69. The van der Waals surface area contributed by atoms with E-state index in [1.165, 1.54) is 0 Å². The third-order valence-corrected chi connectivity index (χ3v) is 5.39. The molecule has 1 amide bonds. The van der Waals surface area contributed by atoms with Crippen LogP contribution in [0.4, 0.5) is 5.69 Å². The number of para-hydroxylation sites is 1. The fourth-order valence-corrected chi connectivity index (χ4v) is 4.04. The van der Waals surface area contributed by atoms with E-state index in [0.29, 0.717) is 12.1 Å². The molecule has 0 radical (unpaired) electrons. The second kappa shape index (κ2) is 6.02. The number of rotatable bonds is 4. The number of sulfone groups is 1. The van der Waals surface area contributed by atoms with Crippen molar-refractivity contribution in [2.24, 2.45) is 0 Å². The van der Waals surface area contributed by atoms with Crippen LogP contribution in [0.15, 0.2) is 28.7 Å². The van der Waals surface area contributed by atoms with Crippen LogP contribution < -0.4 is 10.6 Å². The maximum atomic E-state index is 11.7. The molecule has 1 unspecified atom stereocenters. The normalized spacial score (nSPS) is 21.2. The summed E-state index contributed by atoms with van der Waals surface area (Å²) in [6.07, 6.45) is 0.574. The van der Waals surface area contributed by atoms with E-state index >= 15 is 0 Å². The molecule has 1 aliphatic rings. The van der Waals surface area contributed by atoms with Crippen LogP contribution in [0.1, 0.15) is 6.42 Å². The van der Waals surface area contributed by atoms with E-state index in [1.807, 2.05) is 18.2 Å². The Morgan fingerprint density at radius 1 is 1.37 bits per heavy atom. The molecule has 2 N–H and O–H groups in total. The number of carbonyl (C=O) groups is 1. The number of hydrogen-bond acceptors (Lipinski definition) is 4. The lowest BCUT2D eigenvalue weighted by molar-refractivity contribution is -0.115. The number of halogens is 1. The zero-order valence-corrected chi connectivity index (χ0v) is 12.6. The van der Waals surface area contributed by atoms with Crippen LogP contribution in [0.2, 0.25) is 0 Å². The zero-order chi connectivity index (χ0) is 13.9. The van der Waals surface area contributed by atoms with E-state index in [2.05, 4.69) is 26.6 Å². The van der Waals surface area contributed by atoms with Gasteiger partial charge in [0, 0.05) is 10.5 Å². The molecular formula is C12H15BrN2O3S. The summed E-state index contributed by atoms with van der Waals surface area (Å²) in [4.78, 5) is 11.7. The molecule has 1 aliphatic heterocycles. The fourth-order valence-electron chi connectivity index (χ4n) is 1.95. The van der Waals surface area contributed by atoms with E-state index in [1.54, 1.807) is 6.07 Å². The Kier molecular flexibility index (Phi) is 4.59. The van der Waals surface area contributed by atoms with Crippen LogP contribution in [-0.4, -0.2) is 38.4 Å². The van der Waals surface area contributed by atoms with Crippen LogP contribution in [0.3, 0.4) is 0 Å². The third-order valence-electron chi connectivity index (χ3n) is 2.93. The molecule has 1 saturated heterocycles. The summed E-state index contributed by atoms with van der Waals surface area (Å²) < 4.78 is 23.4. The summed E-state index contributed by atoms with van der Waals surface area (Å²) >= 11 is 3.34. The predicted octanol–water partition coefficient (Wildman–Crippen LogP) is 1.16. The Hall–Kier alpha value is -0.920. The maximum absolute atomic E-state index is 11.7. The lowest BCUT2D eigenvalue weighted by Crippen LogP contribution is -2.36. The molecule has 1 fully saturated rings. The highest BCUT2D eigenvalue weighted by atomic mass is 79.9. The largest absolute Gasteiger partial charge is 0.324 e. The highest BCUT2D eigenvalue weighted by molar-refractivity contribution is 9.10. The van der Waals surface area contributed by atoms with E-state index in [9.17, 15) is 13.2 Å². The van der Waals surface area contributed by atoms with Gasteiger partial charge >= 0.3 is 0 Å². The molecular weight excluding hydrogens is 332 g/mol. The van der Waals surface area contributed by atoms with Gasteiger partial charge in [-0.15, -0.1) is 0 Å². The van der Waals surface area contributed by atoms with Gasteiger partial charge < -0.3 is 10.6 Å². The van der Waals surface area contributed by atoms with Crippen LogP contribution >= 0.6 is 15.9 Å². The first-order chi connectivity index (χ1) is 8.96. The highest BCUT2D eigenvalue weighted by Crippen LogP contribution is 2.20. The van der Waals surface area contributed by atoms with Gasteiger partial charge in [0.1, 0.15) is 0 Å². The summed E-state index contributed by atoms with van der Waals surface area (Å²) in [6, 6.07) is 7.21. The molecule has 19 heavy (non-hydrogen) atoms. The summed E-state index contributed by atoms with van der Waals surface area (Å²) in [6.45, 7) is 0.113. The van der Waals surface area contributed by atoms with Gasteiger partial charge in [-0.3, -0.25) is 4.79 Å². The topological polar surface area (TPSA) is 75.3 Å². The van der Waals surface area contributed by atoms with Crippen molar-refractivity contribution in [3.63, 3.8) is 0 Å². The molecule has 7 heteroatoms. The van der Waals surface area contributed by atoms with Gasteiger partial charge in [0.15, 0.2) is 9.84 Å². The summed E-state index contributed by atoms with van der Waals surface area (Å²) in [7, 11) is -2.91. The minimum absolute atomic E-state index is 0.113. The Morgan fingerprint density at radius 2 is 2.11 bits per heavy atom. The molecule has 0 aromatic heterocycles. The molecule has 0 aliphatic carbocycles. The van der Waals surface area contributed by atoms with Crippen LogP contribution in [0.5, 0.6) is 0 Å². The molecule has 5 nitrogen and oxygen atoms in total. The molecule has 1 aromatic carbocycles. The van der Waals surface area contributed by atoms with Gasteiger partial charge in [-0.25, -0.2) is 8.42 Å². The van der Waals surface area contributed by atoms with Crippen molar-refractivity contribution in [1.82, 2.24) is 5.32 Å². The van der Waals surface area contributed by atoms with Gasteiger partial charge in [0.25, 0.3) is 0 Å². The Balaban J connectivity index is 1.81. The molecule has 0 bridgehead atoms. The van der Waals surface area contributed by atoms with E-state index in [4.69, 9.17) is 0 Å². The SMILES string of the molecule is O=C(CNC1CCS(=O)(=O)C1)Nc1ccccc1Br. The molecule has 104 valence electrons. The van der Waals surface area contributed by atoms with E-state index in [-0.39, 0.29) is 30.0 Å². The average molecular weight is 347 g/mol. The minimum Gasteiger partial charge on any atom is -0.324 e. The van der Waals surface area contributed by atoms with Crippen molar-refractivity contribution < 1.29 is 13.2 Å². The van der Waals surface area contributed by atoms with Crippen molar-refractivity contribution in [3.8, 4) is 0 Å². The summed E-state index contributed by atoms with van der Waals surface area (Å²) in [5.74, 6) is 0.141. The number of carbonyl (C=O) groups excluding carboxylic acids is 1. The number of hydrogen-bond donors (Lipinski definition) is 2. The van der Waals surface area contributed by atoms with Gasteiger partial charge in [-0.2, -0.15) is 0 Å². The summed E-state index contributed by atoms with van der Waals surface area (Å²) in [5.41, 5.74) is 0.702. The fraction of sp³-hybridized carbons (Fsp3) is 0.417. The molecule has 1 atom stereocenters. The number of benzene rings is 1. The van der Waals surface area contributed by atoms with Gasteiger partial charge in [0.2, 0.25) is 5.91 Å². The first-order valence-electron chi connectivity index (χ1n) is 5.94. The molecule has 1 aromatic rings. The number of nitrogens with one attached hydrogen (secondary N) is 2. The lowest BCUT2D eigenvalue weighted by Gasteiger charge is -2.11. The standard InChI is InChI=1S/C12H15BrN2O3S/c13-10-3-1-2-4-11(10)15-12(16)7-14-9-5-6-19(17,18)8-9/h1-4,9,14H,5-8H2,(H,15,16). The Bertz CT molecular complexity index is 574. The zero-order valence-electron chi connectivity index (χ0n) is 10.2. The monoisotopic (exact) mass is 346 g/mol. The van der Waals surface area contributed by atoms with E-state index in [0.717, 1.165) is 4.47 Å².